The number of methoxy groups -OCH3 is 2. The summed E-state index contributed by atoms with van der Waals surface area (Å²) in [6.07, 6.45) is 2.50. The molecule has 270 valence electrons. The zero-order chi connectivity index (χ0) is 36.1. The van der Waals surface area contributed by atoms with Gasteiger partial charge in [-0.15, -0.1) is 0 Å². The van der Waals surface area contributed by atoms with Gasteiger partial charge < -0.3 is 34.1 Å². The van der Waals surface area contributed by atoms with Crippen molar-refractivity contribution in [3.63, 3.8) is 0 Å². The van der Waals surface area contributed by atoms with Crippen molar-refractivity contribution in [1.29, 1.82) is 0 Å². The Morgan fingerprint density at radius 2 is 1.37 bits per heavy atom. The molecule has 4 atom stereocenters. The Balaban J connectivity index is 0.000000183. The van der Waals surface area contributed by atoms with Gasteiger partial charge in [0.25, 0.3) is 0 Å². The van der Waals surface area contributed by atoms with Crippen molar-refractivity contribution in [2.45, 2.75) is 96.3 Å². The first-order valence-corrected chi connectivity index (χ1v) is 17.3. The summed E-state index contributed by atoms with van der Waals surface area (Å²) >= 11 is 11.8. The van der Waals surface area contributed by atoms with Crippen molar-refractivity contribution in [2.75, 3.05) is 40.4 Å². The van der Waals surface area contributed by atoms with Gasteiger partial charge in [0.2, 0.25) is 0 Å². The van der Waals surface area contributed by atoms with Crippen molar-refractivity contribution in [3.8, 4) is 11.5 Å². The number of ether oxygens (including phenoxy) is 4. The van der Waals surface area contributed by atoms with Crippen molar-refractivity contribution in [3.05, 3.63) is 57.6 Å². The Kier molecular flexibility index (Phi) is 12.7. The zero-order valence-electron chi connectivity index (χ0n) is 29.8. The smallest absolute Gasteiger partial charge is 0.410 e. The Bertz CT molecular complexity index is 1480. The highest BCUT2D eigenvalue weighted by Gasteiger charge is 2.46. The van der Waals surface area contributed by atoms with E-state index in [1.54, 1.807) is 25.3 Å². The van der Waals surface area contributed by atoms with E-state index in [1.165, 1.54) is 12.7 Å². The number of carbonyl (C=O) groups is 3. The number of aldehydes is 1. The number of amides is 2. The van der Waals surface area contributed by atoms with Crippen LogP contribution in [0.25, 0.3) is 0 Å². The quantitative estimate of drug-likeness (QED) is 0.339. The number of hydrogen-bond donors (Lipinski definition) is 1. The summed E-state index contributed by atoms with van der Waals surface area (Å²) in [5, 5.41) is 4.49. The van der Waals surface area contributed by atoms with E-state index >= 15 is 0 Å². The molecular weight excluding hydrogens is 671 g/mol. The summed E-state index contributed by atoms with van der Waals surface area (Å²) in [7, 11) is 3.14. The molecule has 0 saturated carbocycles. The summed E-state index contributed by atoms with van der Waals surface area (Å²) in [5.41, 5.74) is 0.907. The van der Waals surface area contributed by atoms with Gasteiger partial charge in [0.1, 0.15) is 29.0 Å². The molecule has 11 nitrogen and oxygen atoms in total. The number of hydrogen-bond acceptors (Lipinski definition) is 9. The first kappa shape index (κ1) is 38.6. The van der Waals surface area contributed by atoms with Gasteiger partial charge in [0.15, 0.2) is 0 Å². The molecule has 0 aliphatic carbocycles. The number of piperazine rings is 2. The van der Waals surface area contributed by atoms with Gasteiger partial charge in [0.05, 0.1) is 24.3 Å². The van der Waals surface area contributed by atoms with E-state index in [4.69, 9.17) is 42.1 Å². The lowest BCUT2D eigenvalue weighted by molar-refractivity contribution is 0.0122. The van der Waals surface area contributed by atoms with Crippen molar-refractivity contribution in [2.24, 2.45) is 0 Å². The first-order chi connectivity index (χ1) is 23.0. The van der Waals surface area contributed by atoms with Crippen LogP contribution in [0, 0.1) is 0 Å². The average Bonchev–Trinajstić information content (AvgIpc) is 3.84. The van der Waals surface area contributed by atoms with Crippen LogP contribution in [-0.4, -0.2) is 109 Å². The molecule has 0 spiro atoms. The maximum Gasteiger partial charge on any atom is 0.410 e. The van der Waals surface area contributed by atoms with E-state index in [-0.39, 0.29) is 23.8 Å². The molecule has 1 N–H and O–H groups in total. The number of likely N-dealkylation sites (tertiary alicyclic amines) is 3. The zero-order valence-corrected chi connectivity index (χ0v) is 31.3. The molecule has 4 aliphatic rings. The molecule has 2 aromatic carbocycles. The Labute approximate surface area is 300 Å². The van der Waals surface area contributed by atoms with Crippen molar-refractivity contribution < 1.29 is 33.3 Å². The topological polar surface area (TPSA) is 110 Å². The highest BCUT2D eigenvalue weighted by Crippen LogP contribution is 2.34. The summed E-state index contributed by atoms with van der Waals surface area (Å²) < 4.78 is 21.0. The number of rotatable bonds is 5. The fraction of sp³-hybridized carbons (Fsp3) is 0.583. The normalized spacial score (nSPS) is 22.5. The standard InChI is InChI=1S/C18H25ClN2O3.C10H18N2O2.C8H7ClO2/c1-18(2,3)24-17(22)21-11-13-8-14(21)10-20(13)9-12-5-6-15(19)16(7-12)23-4;1-10(2,3)14-9(13)12-6-7-4-8(12)5-11-7;1-11-8-4-6(5-10)2-3-7(8)9/h5-7,13-14H,8-11H2,1-4H3;7-8,11H,4-6H2,1-3H3;2-5H,1H3. The van der Waals surface area contributed by atoms with Crippen LogP contribution in [0.15, 0.2) is 36.4 Å². The van der Waals surface area contributed by atoms with E-state index in [1.807, 2.05) is 69.5 Å². The molecule has 0 radical (unpaired) electrons. The maximum absolute atomic E-state index is 12.3. The first-order valence-electron chi connectivity index (χ1n) is 16.6. The Hall–Kier alpha value is -3.25. The number of carbonyl (C=O) groups excluding carboxylic acids is 3. The van der Waals surface area contributed by atoms with Gasteiger partial charge in [-0.2, -0.15) is 0 Å². The van der Waals surface area contributed by atoms with Crippen LogP contribution in [0.3, 0.4) is 0 Å². The number of halogens is 2. The molecular formula is C36H50Cl2N4O7. The van der Waals surface area contributed by atoms with E-state index in [9.17, 15) is 14.4 Å². The second-order valence-electron chi connectivity index (χ2n) is 14.7. The third-order valence-electron chi connectivity index (χ3n) is 8.58. The van der Waals surface area contributed by atoms with Crippen LogP contribution in [0.4, 0.5) is 9.59 Å². The fourth-order valence-electron chi connectivity index (χ4n) is 6.38. The molecule has 4 unspecified atom stereocenters. The van der Waals surface area contributed by atoms with Gasteiger partial charge in [-0.3, -0.25) is 9.69 Å². The second kappa shape index (κ2) is 16.2. The minimum Gasteiger partial charge on any atom is -0.495 e. The summed E-state index contributed by atoms with van der Waals surface area (Å²) in [5.74, 6) is 1.23. The highest BCUT2D eigenvalue weighted by molar-refractivity contribution is 6.32. The van der Waals surface area contributed by atoms with Crippen LogP contribution in [-0.2, 0) is 16.0 Å². The van der Waals surface area contributed by atoms with E-state index in [0.717, 1.165) is 51.9 Å². The third-order valence-corrected chi connectivity index (χ3v) is 9.20. The Morgan fingerprint density at radius 3 is 1.84 bits per heavy atom. The molecule has 4 aliphatic heterocycles. The van der Waals surface area contributed by atoms with Crippen LogP contribution in [0.2, 0.25) is 10.0 Å². The molecule has 0 aromatic heterocycles. The lowest BCUT2D eigenvalue weighted by Crippen LogP contribution is -2.49. The minimum absolute atomic E-state index is 0.161. The maximum atomic E-state index is 12.3. The summed E-state index contributed by atoms with van der Waals surface area (Å²) in [6.45, 7) is 15.6. The van der Waals surface area contributed by atoms with Crippen LogP contribution < -0.4 is 14.8 Å². The molecule has 2 amide bonds. The largest absolute Gasteiger partial charge is 0.495 e. The predicted molar refractivity (Wildman–Crippen MR) is 190 cm³/mol. The SMILES string of the molecule is CC(C)(C)OC(=O)N1CC2CC1CN2.COc1cc(C=O)ccc1Cl.COc1cc(CN2CC3CC2CN3C(=O)OC(C)(C)C)ccc1Cl. The van der Waals surface area contributed by atoms with E-state index < -0.39 is 5.60 Å². The number of nitrogens with zero attached hydrogens (tertiary/aromatic N) is 3. The Morgan fingerprint density at radius 1 is 0.796 bits per heavy atom. The molecule has 6 rings (SSSR count). The molecule has 4 heterocycles. The van der Waals surface area contributed by atoms with E-state index in [0.29, 0.717) is 45.2 Å². The average molecular weight is 722 g/mol. The minimum atomic E-state index is -0.446. The van der Waals surface area contributed by atoms with Crippen LogP contribution in [0.5, 0.6) is 11.5 Å². The second-order valence-corrected chi connectivity index (χ2v) is 15.5. The third kappa shape index (κ3) is 10.6. The highest BCUT2D eigenvalue weighted by atomic mass is 35.5. The molecule has 4 bridgehead atoms. The molecule has 49 heavy (non-hydrogen) atoms. The van der Waals surface area contributed by atoms with E-state index in [2.05, 4.69) is 10.2 Å². The number of fused-ring (bicyclic) bond motifs is 4. The molecule has 2 aromatic rings. The summed E-state index contributed by atoms with van der Waals surface area (Å²) in [6, 6.07) is 12.2. The van der Waals surface area contributed by atoms with Gasteiger partial charge in [0, 0.05) is 62.5 Å². The van der Waals surface area contributed by atoms with Gasteiger partial charge in [-0.05, 0) is 90.3 Å². The van der Waals surface area contributed by atoms with Crippen LogP contribution in [0.1, 0.15) is 70.3 Å². The molecule has 4 saturated heterocycles. The molecule has 4 fully saturated rings. The monoisotopic (exact) mass is 720 g/mol. The number of nitrogens with one attached hydrogen (secondary N) is 1. The predicted octanol–water partition coefficient (Wildman–Crippen LogP) is 6.67. The fourth-order valence-corrected chi connectivity index (χ4v) is 6.77. The van der Waals surface area contributed by atoms with Gasteiger partial charge in [-0.25, -0.2) is 9.59 Å². The molecule has 13 heteroatoms. The number of benzene rings is 2. The summed E-state index contributed by atoms with van der Waals surface area (Å²) in [4.78, 5) is 40.5. The van der Waals surface area contributed by atoms with Crippen molar-refractivity contribution in [1.82, 2.24) is 20.0 Å². The lowest BCUT2D eigenvalue weighted by Gasteiger charge is -2.35. The van der Waals surface area contributed by atoms with Gasteiger partial charge >= 0.3 is 12.2 Å². The lowest BCUT2D eigenvalue weighted by atomic mass is 10.2. The van der Waals surface area contributed by atoms with Crippen LogP contribution >= 0.6 is 23.2 Å². The van der Waals surface area contributed by atoms with Gasteiger partial charge in [-0.1, -0.05) is 29.3 Å². The van der Waals surface area contributed by atoms with Crippen molar-refractivity contribution >= 4 is 41.7 Å².